The van der Waals surface area contributed by atoms with Gasteiger partial charge in [-0.3, -0.25) is 9.69 Å². The number of methoxy groups -OCH3 is 1. The average molecular weight is 461 g/mol. The van der Waals surface area contributed by atoms with Crippen molar-refractivity contribution >= 4 is 28.6 Å². The molecule has 0 aromatic heterocycles. The Balaban J connectivity index is 1.64. The van der Waals surface area contributed by atoms with Gasteiger partial charge >= 0.3 is 5.97 Å². The molecule has 2 aromatic carbocycles. The van der Waals surface area contributed by atoms with E-state index in [1.165, 1.54) is 28.2 Å². The topological polar surface area (TPSA) is 29.5 Å². The molecule has 26 heavy (non-hydrogen) atoms. The van der Waals surface area contributed by atoms with Crippen molar-refractivity contribution in [2.45, 2.75) is 43.8 Å². The Morgan fingerprint density at radius 1 is 1.12 bits per heavy atom. The van der Waals surface area contributed by atoms with Gasteiger partial charge in [-0.05, 0) is 65.1 Å². The van der Waals surface area contributed by atoms with Crippen LogP contribution in [-0.4, -0.2) is 30.1 Å². The van der Waals surface area contributed by atoms with Crippen LogP contribution in [0.1, 0.15) is 36.3 Å². The summed E-state index contributed by atoms with van der Waals surface area (Å²) in [6, 6.07) is 20.1. The number of carbonyl (C=O) groups excluding carboxylic acids is 1. The van der Waals surface area contributed by atoms with E-state index in [0.717, 1.165) is 19.4 Å². The Morgan fingerprint density at radius 2 is 1.85 bits per heavy atom. The fourth-order valence-electron chi connectivity index (χ4n) is 4.86. The third-order valence-corrected chi connectivity index (χ3v) is 6.76. The number of piperidine rings is 1. The molecule has 0 N–H and O–H groups in total. The fourth-order valence-corrected chi connectivity index (χ4v) is 5.22. The van der Waals surface area contributed by atoms with Crippen LogP contribution in [0, 0.1) is 9.49 Å². The van der Waals surface area contributed by atoms with E-state index in [2.05, 4.69) is 82.1 Å². The van der Waals surface area contributed by atoms with E-state index in [0.29, 0.717) is 6.04 Å². The van der Waals surface area contributed by atoms with Crippen molar-refractivity contribution in [1.29, 1.82) is 0 Å². The van der Waals surface area contributed by atoms with Gasteiger partial charge in [0.15, 0.2) is 0 Å². The number of carbonyl (C=O) groups is 1. The third kappa shape index (κ3) is 3.41. The lowest BCUT2D eigenvalue weighted by molar-refractivity contribution is -0.150. The minimum Gasteiger partial charge on any atom is -0.469 e. The van der Waals surface area contributed by atoms with Crippen LogP contribution >= 0.6 is 22.6 Å². The van der Waals surface area contributed by atoms with E-state index in [-0.39, 0.29) is 23.8 Å². The van der Waals surface area contributed by atoms with Crippen LogP contribution in [-0.2, 0) is 16.1 Å². The van der Waals surface area contributed by atoms with Gasteiger partial charge in [-0.1, -0.05) is 42.5 Å². The molecule has 2 aliphatic heterocycles. The molecule has 2 aliphatic rings. The molecule has 0 saturated carbocycles. The summed E-state index contributed by atoms with van der Waals surface area (Å²) >= 11 is 2.33. The Morgan fingerprint density at radius 3 is 2.54 bits per heavy atom. The van der Waals surface area contributed by atoms with Gasteiger partial charge in [0, 0.05) is 28.1 Å². The summed E-state index contributed by atoms with van der Waals surface area (Å²) in [5.41, 5.74) is 2.60. The molecule has 2 heterocycles. The first-order valence-electron chi connectivity index (χ1n) is 9.30. The van der Waals surface area contributed by atoms with Crippen molar-refractivity contribution in [2.24, 2.45) is 5.92 Å². The number of fused-ring (bicyclic) bond motifs is 2. The van der Waals surface area contributed by atoms with Crippen molar-refractivity contribution in [3.63, 3.8) is 0 Å². The lowest BCUT2D eigenvalue weighted by Gasteiger charge is -2.43. The maximum Gasteiger partial charge on any atom is 0.310 e. The van der Waals surface area contributed by atoms with Gasteiger partial charge < -0.3 is 4.74 Å². The predicted octanol–water partition coefficient (Wildman–Crippen LogP) is 4.60. The number of esters is 1. The zero-order chi connectivity index (χ0) is 18.1. The molecule has 4 heteroatoms. The van der Waals surface area contributed by atoms with Crippen molar-refractivity contribution in [2.75, 3.05) is 7.11 Å². The minimum atomic E-state index is -0.0810. The second kappa shape index (κ2) is 7.69. The molecule has 136 valence electrons. The number of halogens is 1. The van der Waals surface area contributed by atoms with Gasteiger partial charge in [0.1, 0.15) is 0 Å². The number of hydrogen-bond acceptors (Lipinski definition) is 3. The summed E-state index contributed by atoms with van der Waals surface area (Å²) in [5.74, 6) is 0.114. The third-order valence-electron chi connectivity index (χ3n) is 6.04. The molecule has 0 aliphatic carbocycles. The predicted molar refractivity (Wildman–Crippen MR) is 111 cm³/mol. The maximum absolute atomic E-state index is 12.8. The van der Waals surface area contributed by atoms with Crippen LogP contribution in [0.2, 0.25) is 0 Å². The van der Waals surface area contributed by atoms with Gasteiger partial charge in [0.05, 0.1) is 13.0 Å². The summed E-state index contributed by atoms with van der Waals surface area (Å²) in [6.45, 7) is 0.920. The summed E-state index contributed by atoms with van der Waals surface area (Å²) in [5, 5.41) is 0. The number of nitrogens with zero attached hydrogens (tertiary/aromatic N) is 1. The van der Waals surface area contributed by atoms with Crippen molar-refractivity contribution in [3.8, 4) is 0 Å². The Kier molecular flexibility index (Phi) is 5.32. The number of benzene rings is 2. The average Bonchev–Trinajstić information content (AvgIpc) is 2.93. The van der Waals surface area contributed by atoms with Gasteiger partial charge in [-0.2, -0.15) is 0 Å². The van der Waals surface area contributed by atoms with Crippen LogP contribution < -0.4 is 0 Å². The minimum absolute atomic E-state index is 0.0584. The molecule has 2 fully saturated rings. The summed E-state index contributed by atoms with van der Waals surface area (Å²) in [6.07, 6.45) is 3.29. The van der Waals surface area contributed by atoms with Gasteiger partial charge in [0.2, 0.25) is 0 Å². The lowest BCUT2D eigenvalue weighted by Crippen LogP contribution is -2.50. The van der Waals surface area contributed by atoms with Gasteiger partial charge in [-0.15, -0.1) is 0 Å². The Hall–Kier alpha value is -1.40. The summed E-state index contributed by atoms with van der Waals surface area (Å²) in [7, 11) is 1.52. The Labute approximate surface area is 168 Å². The van der Waals surface area contributed by atoms with E-state index in [4.69, 9.17) is 4.74 Å². The van der Waals surface area contributed by atoms with Crippen molar-refractivity contribution < 1.29 is 9.53 Å². The van der Waals surface area contributed by atoms with E-state index >= 15 is 0 Å². The Bertz CT molecular complexity index is 761. The number of ether oxygens (including phenoxy) is 1. The first-order valence-corrected chi connectivity index (χ1v) is 10.4. The fraction of sp³-hybridized carbons (Fsp3) is 0.409. The van der Waals surface area contributed by atoms with Gasteiger partial charge in [-0.25, -0.2) is 0 Å². The molecular weight excluding hydrogens is 437 g/mol. The van der Waals surface area contributed by atoms with Crippen LogP contribution in [0.25, 0.3) is 0 Å². The second-order valence-electron chi connectivity index (χ2n) is 7.40. The first kappa shape index (κ1) is 18.0. The number of rotatable bonds is 4. The second-order valence-corrected chi connectivity index (χ2v) is 8.64. The molecule has 2 aromatic rings. The summed E-state index contributed by atoms with van der Waals surface area (Å²) in [4.78, 5) is 15.3. The first-order chi connectivity index (χ1) is 12.7. The normalized spacial score (nSPS) is 28.1. The highest BCUT2D eigenvalue weighted by Crippen LogP contribution is 2.48. The monoisotopic (exact) mass is 461 g/mol. The van der Waals surface area contributed by atoms with E-state index in [1.807, 2.05) is 0 Å². The molecule has 0 amide bonds. The van der Waals surface area contributed by atoms with Crippen LogP contribution in [0.15, 0.2) is 54.6 Å². The maximum atomic E-state index is 12.8. The van der Waals surface area contributed by atoms with Crippen molar-refractivity contribution in [3.05, 3.63) is 69.3 Å². The van der Waals surface area contributed by atoms with E-state index < -0.39 is 0 Å². The van der Waals surface area contributed by atoms with Crippen LogP contribution in [0.5, 0.6) is 0 Å². The zero-order valence-corrected chi connectivity index (χ0v) is 17.1. The summed E-state index contributed by atoms with van der Waals surface area (Å²) < 4.78 is 6.47. The van der Waals surface area contributed by atoms with Gasteiger partial charge in [0.25, 0.3) is 0 Å². The molecule has 4 atom stereocenters. The molecule has 4 rings (SSSR count). The largest absolute Gasteiger partial charge is 0.469 e. The smallest absolute Gasteiger partial charge is 0.310 e. The molecule has 3 nitrogen and oxygen atoms in total. The van der Waals surface area contributed by atoms with Crippen LogP contribution in [0.3, 0.4) is 0 Å². The zero-order valence-electron chi connectivity index (χ0n) is 15.0. The quantitative estimate of drug-likeness (QED) is 0.493. The highest BCUT2D eigenvalue weighted by molar-refractivity contribution is 14.1. The molecule has 0 spiro atoms. The van der Waals surface area contributed by atoms with Crippen LogP contribution in [0.4, 0.5) is 0 Å². The highest BCUT2D eigenvalue weighted by Gasteiger charge is 2.50. The number of hydrogen-bond donors (Lipinski definition) is 0. The SMILES string of the molecule is COC(=O)[C@@H]1C2CCC(C[C@@H]1c1ccc(I)cc1)N2Cc1ccccc1. The molecule has 0 radical (unpaired) electrons. The highest BCUT2D eigenvalue weighted by atomic mass is 127. The molecule has 2 unspecified atom stereocenters. The standard InChI is InChI=1S/C22H24INO2/c1-26-22(25)21-19(16-7-9-17(23)10-8-16)13-18-11-12-20(21)24(18)14-15-5-3-2-4-6-15/h2-10,18-21H,11-14H2,1H3/t18?,19-,20?,21+/m1/s1. The van der Waals surface area contributed by atoms with E-state index in [9.17, 15) is 4.79 Å². The van der Waals surface area contributed by atoms with Crippen molar-refractivity contribution in [1.82, 2.24) is 4.90 Å². The van der Waals surface area contributed by atoms with E-state index in [1.54, 1.807) is 0 Å². The molecule has 2 bridgehead atoms. The molecular formula is C22H24INO2. The lowest BCUT2D eigenvalue weighted by atomic mass is 9.76. The molecule has 2 saturated heterocycles.